The van der Waals surface area contributed by atoms with Gasteiger partial charge in [0.2, 0.25) is 0 Å². The molecular weight excluding hydrogens is 550 g/mol. The Labute approximate surface area is 198 Å². The molecule has 166 valence electrons. The first-order valence-corrected chi connectivity index (χ1v) is 12.4. The van der Waals surface area contributed by atoms with E-state index in [0.717, 1.165) is 3.97 Å². The number of rotatable bonds is 7. The third kappa shape index (κ3) is 4.52. The Kier molecular flexibility index (Phi) is 7.14. The van der Waals surface area contributed by atoms with Gasteiger partial charge in [0.25, 0.3) is 15.9 Å². The summed E-state index contributed by atoms with van der Waals surface area (Å²) in [4.78, 5) is 16.9. The van der Waals surface area contributed by atoms with Crippen LogP contribution in [0.15, 0.2) is 56.3 Å². The van der Waals surface area contributed by atoms with Gasteiger partial charge in [-0.05, 0) is 70.2 Å². The van der Waals surface area contributed by atoms with Crippen LogP contribution >= 0.6 is 31.9 Å². The molecule has 1 heterocycles. The molecule has 7 nitrogen and oxygen atoms in total. The molecule has 0 aliphatic rings. The third-order valence-corrected chi connectivity index (χ3v) is 8.35. The zero-order chi connectivity index (χ0) is 22.9. The van der Waals surface area contributed by atoms with Gasteiger partial charge >= 0.3 is 0 Å². The van der Waals surface area contributed by atoms with Crippen LogP contribution in [0.1, 0.15) is 10.5 Å². The molecule has 0 saturated carbocycles. The second kappa shape index (κ2) is 9.32. The lowest BCUT2D eigenvalue weighted by molar-refractivity contribution is 0.0779. The number of fused-ring (bicyclic) bond motifs is 1. The average Bonchev–Trinajstić information content (AvgIpc) is 3.04. The zero-order valence-corrected chi connectivity index (χ0v) is 21.6. The standard InChI is InChI=1S/C21H23Br2N3O4S/c1-24(2)11-12-25(3)21(27)20-19(23)15-7-5-6-8-17(15)26(20)31(28,29)18-10-9-14(30-4)13-16(18)22/h5-10,13H,11-12H2,1-4H3. The minimum absolute atomic E-state index is 0.0338. The summed E-state index contributed by atoms with van der Waals surface area (Å²) in [5.74, 6) is 0.127. The van der Waals surface area contributed by atoms with Gasteiger partial charge in [0.1, 0.15) is 16.3 Å². The van der Waals surface area contributed by atoms with Crippen LogP contribution < -0.4 is 4.74 Å². The van der Waals surface area contributed by atoms with Crippen LogP contribution in [0, 0.1) is 0 Å². The molecule has 0 atom stereocenters. The van der Waals surface area contributed by atoms with Crippen molar-refractivity contribution in [3.05, 3.63) is 57.1 Å². The van der Waals surface area contributed by atoms with Crippen LogP contribution in [-0.2, 0) is 10.0 Å². The van der Waals surface area contributed by atoms with Gasteiger partial charge in [-0.2, -0.15) is 0 Å². The van der Waals surface area contributed by atoms with E-state index in [0.29, 0.717) is 38.7 Å². The van der Waals surface area contributed by atoms with Crippen LogP contribution in [0.5, 0.6) is 5.75 Å². The molecule has 0 aliphatic heterocycles. The quantitative estimate of drug-likeness (QED) is 0.427. The number of hydrogen-bond acceptors (Lipinski definition) is 5. The van der Waals surface area contributed by atoms with Gasteiger partial charge in [0, 0.05) is 30.0 Å². The number of hydrogen-bond donors (Lipinski definition) is 0. The van der Waals surface area contributed by atoms with Crippen LogP contribution in [0.25, 0.3) is 10.9 Å². The fourth-order valence-corrected chi connectivity index (χ4v) is 6.49. The summed E-state index contributed by atoms with van der Waals surface area (Å²) in [6, 6.07) is 11.6. The Morgan fingerprint density at radius 2 is 1.74 bits per heavy atom. The molecule has 1 amide bonds. The molecular formula is C21H23Br2N3O4S. The number of para-hydroxylation sites is 1. The fraction of sp³-hybridized carbons (Fsp3) is 0.286. The average molecular weight is 573 g/mol. The van der Waals surface area contributed by atoms with E-state index in [-0.39, 0.29) is 10.6 Å². The van der Waals surface area contributed by atoms with Gasteiger partial charge in [-0.15, -0.1) is 0 Å². The molecule has 10 heteroatoms. The molecule has 0 bridgehead atoms. The van der Waals surface area contributed by atoms with Crippen LogP contribution in [0.4, 0.5) is 0 Å². The van der Waals surface area contributed by atoms with E-state index in [1.165, 1.54) is 18.1 Å². The second-order valence-electron chi connectivity index (χ2n) is 7.28. The summed E-state index contributed by atoms with van der Waals surface area (Å²) in [5, 5.41) is 0.639. The smallest absolute Gasteiger partial charge is 0.272 e. The normalized spacial score (nSPS) is 11.8. The lowest BCUT2D eigenvalue weighted by atomic mass is 10.2. The predicted octanol–water partition coefficient (Wildman–Crippen LogP) is 4.05. The van der Waals surface area contributed by atoms with E-state index < -0.39 is 15.9 Å². The molecule has 0 aliphatic carbocycles. The summed E-state index contributed by atoms with van der Waals surface area (Å²) in [6.45, 7) is 1.10. The predicted molar refractivity (Wildman–Crippen MR) is 128 cm³/mol. The SMILES string of the molecule is COc1ccc(S(=O)(=O)n2c(C(=O)N(C)CCN(C)C)c(Br)c3ccccc32)c(Br)c1. The molecule has 2 aromatic carbocycles. The summed E-state index contributed by atoms with van der Waals surface area (Å²) >= 11 is 6.82. The number of aromatic nitrogens is 1. The van der Waals surface area contributed by atoms with Crippen molar-refractivity contribution in [1.29, 1.82) is 0 Å². The molecule has 0 spiro atoms. The number of halogens is 2. The van der Waals surface area contributed by atoms with Gasteiger partial charge in [-0.1, -0.05) is 18.2 Å². The summed E-state index contributed by atoms with van der Waals surface area (Å²) in [7, 11) is 2.88. The Bertz CT molecular complexity index is 1240. The number of benzene rings is 2. The molecule has 0 radical (unpaired) electrons. The number of likely N-dealkylation sites (N-methyl/N-ethyl adjacent to an activating group) is 2. The summed E-state index contributed by atoms with van der Waals surface area (Å²) in [5.41, 5.74) is 0.478. The number of nitrogens with zero attached hydrogens (tertiary/aromatic N) is 3. The molecule has 0 unspecified atom stereocenters. The number of carbonyl (C=O) groups is 1. The van der Waals surface area contributed by atoms with Crippen molar-refractivity contribution in [2.45, 2.75) is 4.90 Å². The molecule has 0 saturated heterocycles. The van der Waals surface area contributed by atoms with Gasteiger partial charge in [-0.25, -0.2) is 12.4 Å². The molecule has 0 fully saturated rings. The number of carbonyl (C=O) groups excluding carboxylic acids is 1. The van der Waals surface area contributed by atoms with E-state index >= 15 is 0 Å². The lowest BCUT2D eigenvalue weighted by Gasteiger charge is -2.21. The Morgan fingerprint density at radius 1 is 1.06 bits per heavy atom. The summed E-state index contributed by atoms with van der Waals surface area (Å²) < 4.78 is 34.7. The van der Waals surface area contributed by atoms with Gasteiger partial charge in [0.15, 0.2) is 0 Å². The minimum atomic E-state index is -4.11. The fourth-order valence-electron chi connectivity index (χ4n) is 3.15. The maximum absolute atomic E-state index is 13.8. The molecule has 31 heavy (non-hydrogen) atoms. The number of methoxy groups -OCH3 is 1. The monoisotopic (exact) mass is 571 g/mol. The van der Waals surface area contributed by atoms with Crippen molar-refractivity contribution in [3.63, 3.8) is 0 Å². The molecule has 1 aromatic heterocycles. The van der Waals surface area contributed by atoms with Crippen molar-refractivity contribution in [2.24, 2.45) is 0 Å². The Hall–Kier alpha value is -1.88. The highest BCUT2D eigenvalue weighted by Gasteiger charge is 2.32. The topological polar surface area (TPSA) is 71.8 Å². The highest BCUT2D eigenvalue weighted by atomic mass is 79.9. The van der Waals surface area contributed by atoms with Crippen molar-refractivity contribution in [3.8, 4) is 5.75 Å². The third-order valence-electron chi connectivity index (χ3n) is 4.86. The largest absolute Gasteiger partial charge is 0.497 e. The van der Waals surface area contributed by atoms with Crippen molar-refractivity contribution in [2.75, 3.05) is 41.3 Å². The molecule has 3 rings (SSSR count). The molecule has 3 aromatic rings. The number of amides is 1. The zero-order valence-electron chi connectivity index (χ0n) is 17.6. The van der Waals surface area contributed by atoms with Crippen LogP contribution in [0.2, 0.25) is 0 Å². The van der Waals surface area contributed by atoms with E-state index in [1.807, 2.05) is 19.0 Å². The first kappa shape index (κ1) is 23.8. The lowest BCUT2D eigenvalue weighted by Crippen LogP contribution is -2.35. The van der Waals surface area contributed by atoms with Gasteiger partial charge < -0.3 is 14.5 Å². The maximum atomic E-state index is 13.8. The van der Waals surface area contributed by atoms with Crippen molar-refractivity contribution < 1.29 is 17.9 Å². The van der Waals surface area contributed by atoms with Gasteiger partial charge in [0.05, 0.1) is 17.1 Å². The van der Waals surface area contributed by atoms with Crippen LogP contribution in [0.3, 0.4) is 0 Å². The van der Waals surface area contributed by atoms with Crippen molar-refractivity contribution in [1.82, 2.24) is 13.8 Å². The highest BCUT2D eigenvalue weighted by Crippen LogP contribution is 2.37. The molecule has 0 N–H and O–H groups in total. The highest BCUT2D eigenvalue weighted by molar-refractivity contribution is 9.11. The maximum Gasteiger partial charge on any atom is 0.272 e. The first-order valence-electron chi connectivity index (χ1n) is 9.37. The Balaban J connectivity index is 2.24. The summed E-state index contributed by atoms with van der Waals surface area (Å²) in [6.07, 6.45) is 0. The second-order valence-corrected chi connectivity index (χ2v) is 10.7. The van der Waals surface area contributed by atoms with Crippen molar-refractivity contribution >= 4 is 58.7 Å². The van der Waals surface area contributed by atoms with E-state index in [4.69, 9.17) is 4.74 Å². The van der Waals surface area contributed by atoms with Crippen LogP contribution in [-0.4, -0.2) is 69.4 Å². The minimum Gasteiger partial charge on any atom is -0.497 e. The number of ether oxygens (including phenoxy) is 1. The van der Waals surface area contributed by atoms with E-state index in [1.54, 1.807) is 43.4 Å². The van der Waals surface area contributed by atoms with E-state index in [2.05, 4.69) is 31.9 Å². The first-order chi connectivity index (χ1) is 14.6. The Morgan fingerprint density at radius 3 is 2.35 bits per heavy atom. The van der Waals surface area contributed by atoms with Gasteiger partial charge in [-0.3, -0.25) is 4.79 Å². The van der Waals surface area contributed by atoms with E-state index in [9.17, 15) is 13.2 Å².